The van der Waals surface area contributed by atoms with Gasteiger partial charge in [-0.05, 0) is 19.8 Å². The van der Waals surface area contributed by atoms with Crippen LogP contribution in [-0.2, 0) is 0 Å². The van der Waals surface area contributed by atoms with Crippen molar-refractivity contribution in [1.82, 2.24) is 0 Å². The fourth-order valence-corrected chi connectivity index (χ4v) is 2.98. The van der Waals surface area contributed by atoms with Gasteiger partial charge in [0.15, 0.2) is 0 Å². The van der Waals surface area contributed by atoms with E-state index in [-0.39, 0.29) is 10.7 Å². The number of hydrogen-bond donors (Lipinski definition) is 0. The summed E-state index contributed by atoms with van der Waals surface area (Å²) in [5.74, 6) is 0. The Bertz CT molecular complexity index is 279. The first-order valence-electron chi connectivity index (χ1n) is 7.68. The van der Waals surface area contributed by atoms with Crippen LogP contribution in [-0.4, -0.2) is 7.85 Å². The fourth-order valence-electron chi connectivity index (χ4n) is 2.98. The molecule has 0 aliphatic heterocycles. The van der Waals surface area contributed by atoms with Crippen molar-refractivity contribution in [2.45, 2.75) is 89.8 Å². The van der Waals surface area contributed by atoms with Gasteiger partial charge in [-0.15, -0.1) is 0 Å². The molecule has 0 aromatic heterocycles. The third-order valence-corrected chi connectivity index (χ3v) is 4.47. The first-order chi connectivity index (χ1) is 8.47. The summed E-state index contributed by atoms with van der Waals surface area (Å²) >= 11 is 0. The minimum absolute atomic E-state index is 0.0343. The first kappa shape index (κ1) is 15.6. The second kappa shape index (κ2) is 7.22. The highest BCUT2D eigenvalue weighted by molar-refractivity contribution is 6.14. The van der Waals surface area contributed by atoms with Gasteiger partial charge in [-0.1, -0.05) is 70.0 Å². The Morgan fingerprint density at radius 3 is 1.61 bits per heavy atom. The van der Waals surface area contributed by atoms with E-state index in [1.807, 2.05) is 0 Å². The van der Waals surface area contributed by atoms with Crippen molar-refractivity contribution in [3.63, 3.8) is 0 Å². The summed E-state index contributed by atoms with van der Waals surface area (Å²) in [6.45, 7) is 4.34. The predicted octanol–water partition coefficient (Wildman–Crippen LogP) is 5.17. The smallest absolute Gasteiger partial charge is 0.0742 e. The Morgan fingerprint density at radius 1 is 0.778 bits per heavy atom. The van der Waals surface area contributed by atoms with Crippen LogP contribution in [0, 0.1) is 16.7 Å². The molecule has 2 unspecified atom stereocenters. The molecule has 0 spiro atoms. The quantitative estimate of drug-likeness (QED) is 0.540. The van der Waals surface area contributed by atoms with Crippen molar-refractivity contribution in [1.29, 1.82) is 5.26 Å². The van der Waals surface area contributed by atoms with Gasteiger partial charge < -0.3 is 0 Å². The lowest BCUT2D eigenvalue weighted by molar-refractivity contribution is 0.340. The molecular weight excluding hydrogens is 217 g/mol. The summed E-state index contributed by atoms with van der Waals surface area (Å²) in [5, 5.41) is 9.36. The highest BCUT2D eigenvalue weighted by Crippen LogP contribution is 2.37. The van der Waals surface area contributed by atoms with Crippen molar-refractivity contribution in [2.75, 3.05) is 0 Å². The molecular formula is C16H28BN. The number of nitrogens with zero attached hydrogens (tertiary/aromatic N) is 1. The summed E-state index contributed by atoms with van der Waals surface area (Å²) in [5.41, 5.74) is -0.0833. The van der Waals surface area contributed by atoms with E-state index in [4.69, 9.17) is 7.85 Å². The standard InChI is InChI=1S/C16H28BN/c1-15(14-18)10-6-3-4-8-12-16(2,17)13-9-5-7-11-15/h3-13H2,1-2H3. The van der Waals surface area contributed by atoms with Crippen LogP contribution in [0.15, 0.2) is 0 Å². The van der Waals surface area contributed by atoms with Gasteiger partial charge in [-0.2, -0.15) is 5.26 Å². The molecule has 1 rings (SSSR count). The normalized spacial score (nSPS) is 36.7. The average Bonchev–Trinajstić information content (AvgIpc) is 2.33. The van der Waals surface area contributed by atoms with Crippen LogP contribution in [0.5, 0.6) is 0 Å². The highest BCUT2D eigenvalue weighted by atomic mass is 14.3. The lowest BCUT2D eigenvalue weighted by atomic mass is 9.64. The van der Waals surface area contributed by atoms with Crippen LogP contribution < -0.4 is 0 Å². The Hall–Kier alpha value is -0.445. The topological polar surface area (TPSA) is 23.8 Å². The van der Waals surface area contributed by atoms with E-state index in [9.17, 15) is 5.26 Å². The Morgan fingerprint density at radius 2 is 1.17 bits per heavy atom. The highest BCUT2D eigenvalue weighted by Gasteiger charge is 2.23. The van der Waals surface area contributed by atoms with Crippen LogP contribution in [0.2, 0.25) is 5.31 Å². The Labute approximate surface area is 115 Å². The molecule has 1 fully saturated rings. The molecule has 2 radical (unpaired) electrons. The summed E-state index contributed by atoms with van der Waals surface area (Å²) in [4.78, 5) is 0. The van der Waals surface area contributed by atoms with Gasteiger partial charge >= 0.3 is 0 Å². The second-order valence-electron chi connectivity index (χ2n) is 6.80. The molecule has 0 aromatic rings. The largest absolute Gasteiger partial charge is 0.198 e. The molecule has 0 N–H and O–H groups in total. The van der Waals surface area contributed by atoms with Gasteiger partial charge in [0, 0.05) is 0 Å². The zero-order valence-corrected chi connectivity index (χ0v) is 12.3. The Balaban J connectivity index is 2.48. The molecule has 0 aromatic carbocycles. The first-order valence-corrected chi connectivity index (χ1v) is 7.68. The monoisotopic (exact) mass is 245 g/mol. The molecule has 1 aliphatic rings. The molecule has 1 aliphatic carbocycles. The van der Waals surface area contributed by atoms with Crippen molar-refractivity contribution in [3.8, 4) is 6.07 Å². The van der Waals surface area contributed by atoms with Gasteiger partial charge in [0.2, 0.25) is 0 Å². The molecule has 1 nitrogen and oxygen atoms in total. The summed E-state index contributed by atoms with van der Waals surface area (Å²) in [7, 11) is 6.32. The molecule has 2 heteroatoms. The minimum Gasteiger partial charge on any atom is -0.198 e. The summed E-state index contributed by atoms with van der Waals surface area (Å²) in [6.07, 6.45) is 13.0. The van der Waals surface area contributed by atoms with Gasteiger partial charge in [-0.3, -0.25) is 0 Å². The summed E-state index contributed by atoms with van der Waals surface area (Å²) in [6, 6.07) is 2.54. The van der Waals surface area contributed by atoms with Crippen LogP contribution in [0.4, 0.5) is 0 Å². The van der Waals surface area contributed by atoms with Crippen LogP contribution in [0.1, 0.15) is 84.5 Å². The van der Waals surface area contributed by atoms with E-state index in [1.54, 1.807) is 0 Å². The molecule has 18 heavy (non-hydrogen) atoms. The minimum atomic E-state index is -0.0833. The van der Waals surface area contributed by atoms with Crippen LogP contribution in [0.25, 0.3) is 0 Å². The average molecular weight is 245 g/mol. The maximum Gasteiger partial charge on any atom is 0.0742 e. The maximum absolute atomic E-state index is 9.32. The van der Waals surface area contributed by atoms with Crippen molar-refractivity contribution in [2.24, 2.45) is 5.41 Å². The van der Waals surface area contributed by atoms with Gasteiger partial charge in [0.25, 0.3) is 0 Å². The van der Waals surface area contributed by atoms with E-state index in [0.717, 1.165) is 25.7 Å². The molecule has 0 amide bonds. The predicted molar refractivity (Wildman–Crippen MR) is 78.6 cm³/mol. The number of hydrogen-bond acceptors (Lipinski definition) is 1. The van der Waals surface area contributed by atoms with Crippen molar-refractivity contribution >= 4 is 7.85 Å². The molecule has 0 heterocycles. The third kappa shape index (κ3) is 5.94. The van der Waals surface area contributed by atoms with Gasteiger partial charge in [0.1, 0.15) is 0 Å². The SMILES string of the molecule is [B]C1(C)CCCCCCC(C)(C#N)CCCCC1. The maximum atomic E-state index is 9.32. The Kier molecular flexibility index (Phi) is 6.26. The third-order valence-electron chi connectivity index (χ3n) is 4.47. The molecule has 2 atom stereocenters. The molecule has 100 valence electrons. The van der Waals surface area contributed by atoms with Crippen LogP contribution in [0.3, 0.4) is 0 Å². The van der Waals surface area contributed by atoms with Crippen molar-refractivity contribution in [3.05, 3.63) is 0 Å². The number of rotatable bonds is 0. The van der Waals surface area contributed by atoms with E-state index < -0.39 is 0 Å². The zero-order chi connectivity index (χ0) is 13.5. The van der Waals surface area contributed by atoms with Crippen LogP contribution >= 0.6 is 0 Å². The van der Waals surface area contributed by atoms with E-state index in [0.29, 0.717) is 0 Å². The number of nitriles is 1. The zero-order valence-electron chi connectivity index (χ0n) is 12.3. The molecule has 0 bridgehead atoms. The second-order valence-corrected chi connectivity index (χ2v) is 6.80. The lowest BCUT2D eigenvalue weighted by Crippen LogP contribution is -2.13. The fraction of sp³-hybridized carbons (Fsp3) is 0.938. The van der Waals surface area contributed by atoms with E-state index >= 15 is 0 Å². The van der Waals surface area contributed by atoms with E-state index in [1.165, 1.54) is 44.9 Å². The summed E-state index contributed by atoms with van der Waals surface area (Å²) < 4.78 is 0. The van der Waals surface area contributed by atoms with E-state index in [2.05, 4.69) is 19.9 Å². The molecule has 0 saturated heterocycles. The van der Waals surface area contributed by atoms with Crippen molar-refractivity contribution < 1.29 is 0 Å². The molecule has 1 saturated carbocycles. The van der Waals surface area contributed by atoms with Gasteiger partial charge in [0.05, 0.1) is 19.3 Å². The van der Waals surface area contributed by atoms with Gasteiger partial charge in [-0.25, -0.2) is 0 Å². The lowest BCUT2D eigenvalue weighted by Gasteiger charge is -2.25.